The molecule has 45 heteroatoms. The van der Waals surface area contributed by atoms with E-state index < -0.39 is 123 Å². The Bertz CT molecular complexity index is 6860. The van der Waals surface area contributed by atoms with E-state index in [0.29, 0.717) is 10.9 Å². The van der Waals surface area contributed by atoms with Crippen LogP contribution in [0.3, 0.4) is 0 Å². The molecular weight excluding hydrogens is 1620 g/mol. The number of fused-ring (bicyclic) bond motifs is 4. The molecule has 582 valence electrons. The van der Waals surface area contributed by atoms with Crippen molar-refractivity contribution in [3.8, 4) is 28.3 Å². The number of methoxy groups -OCH3 is 1. The van der Waals surface area contributed by atoms with E-state index in [1.807, 2.05) is 0 Å². The molecule has 4 heterocycles. The molecule has 0 atom stereocenters. The second kappa shape index (κ2) is 33.4. The summed E-state index contributed by atoms with van der Waals surface area (Å²) in [4.78, 5) is 115. The Hall–Kier alpha value is -13.8. The van der Waals surface area contributed by atoms with Gasteiger partial charge in [-0.15, -0.1) is 37.9 Å². The van der Waals surface area contributed by atoms with Gasteiger partial charge >= 0.3 is 37.8 Å². The van der Waals surface area contributed by atoms with Crippen LogP contribution < -0.4 is 42.4 Å². The topological polar surface area (TPSA) is 618 Å². The highest BCUT2D eigenvalue weighted by Gasteiger charge is 2.36. The lowest BCUT2D eigenvalue weighted by Gasteiger charge is -2.24. The number of benzene rings is 8. The van der Waals surface area contributed by atoms with E-state index >= 15 is 0 Å². The zero-order chi connectivity index (χ0) is 82.4. The lowest BCUT2D eigenvalue weighted by Crippen LogP contribution is -2.24. The molecule has 0 saturated carbocycles. The number of aliphatic hydroxyl groups is 1. The Morgan fingerprint density at radius 3 is 1.40 bits per heavy atom. The number of H-pyrrole nitrogens is 2. The van der Waals surface area contributed by atoms with Crippen LogP contribution in [0.5, 0.6) is 6.01 Å². The molecule has 0 saturated heterocycles. The number of ether oxygens (including phenoxy) is 1. The van der Waals surface area contributed by atoms with Gasteiger partial charge in [-0.25, -0.2) is 0 Å². The van der Waals surface area contributed by atoms with Gasteiger partial charge in [0.1, 0.15) is 17.3 Å². The number of aromatic amines is 2. The molecular formula is C69H49N13O26S6. The number of aliphatic hydroxyl groups excluding tert-OH is 1. The van der Waals surface area contributed by atoms with Crippen molar-refractivity contribution in [1.29, 1.82) is 0 Å². The molecule has 2 aliphatic rings. The molecule has 0 bridgehead atoms. The molecule has 4 aromatic heterocycles. The number of carbonyl (C=O) groups is 4. The molecule has 8 aromatic carbocycles. The number of ketones is 4. The zero-order valence-corrected chi connectivity index (χ0v) is 62.2. The van der Waals surface area contributed by atoms with Crippen LogP contribution in [0.2, 0.25) is 0 Å². The number of nitrogens with one attached hydrogen (secondary N) is 7. The predicted molar refractivity (Wildman–Crippen MR) is 400 cm³/mol. The SMILES string of the molecule is COc1nc(Cc2cc(Nc3ccc4[nH]c(=O)c(C(=O)c5ccccc5)c5c4c3C(=O)c3ccccc3-5)ccc2S(=O)(=O)O)nc(NCCNc2nc(CO)nc(Nc3ccc(S(=O)(=O)O)c(Nc4ccc5[nH]c(=O)c(C(=O)c6cccc(S(=O)(=O)O)c6)c6c5c4C(=O)c4ccccc4-6)c3)n2)n1.O=S(=O)=O.O=S(=O)=O.O=S(=O)=O. The minimum Gasteiger partial charge on any atom is -0.467 e. The maximum atomic E-state index is 14.7. The number of anilines is 8. The lowest BCUT2D eigenvalue weighted by molar-refractivity contribution is 0.102. The minimum absolute atomic E-state index is 0.00874. The summed E-state index contributed by atoms with van der Waals surface area (Å²) in [5.74, 6) is -3.07. The Morgan fingerprint density at radius 1 is 0.439 bits per heavy atom. The van der Waals surface area contributed by atoms with Crippen LogP contribution in [0.1, 0.15) is 80.9 Å². The molecule has 114 heavy (non-hydrogen) atoms. The normalized spacial score (nSPS) is 11.7. The van der Waals surface area contributed by atoms with E-state index in [1.165, 1.54) is 67.8 Å². The van der Waals surface area contributed by atoms with Gasteiger partial charge in [0.15, 0.2) is 29.0 Å². The molecule has 2 aliphatic carbocycles. The third-order valence-corrected chi connectivity index (χ3v) is 19.4. The van der Waals surface area contributed by atoms with Gasteiger partial charge in [0.25, 0.3) is 41.5 Å². The predicted octanol–water partition coefficient (Wildman–Crippen LogP) is 5.20. The number of aromatic nitrogens is 8. The quantitative estimate of drug-likeness (QED) is 0.0236. The van der Waals surface area contributed by atoms with E-state index in [0.717, 1.165) is 24.3 Å². The highest BCUT2D eigenvalue weighted by molar-refractivity contribution is 7.86. The van der Waals surface area contributed by atoms with Gasteiger partial charge in [-0.3, -0.25) is 42.4 Å². The molecule has 0 spiro atoms. The lowest BCUT2D eigenvalue weighted by atomic mass is 9.80. The second-order valence-electron chi connectivity index (χ2n) is 23.6. The minimum atomic E-state index is -5.04. The first-order valence-corrected chi connectivity index (χ1v) is 39.3. The summed E-state index contributed by atoms with van der Waals surface area (Å²) in [5, 5.41) is 25.7. The summed E-state index contributed by atoms with van der Waals surface area (Å²) in [7, 11) is -22.8. The average Bonchev–Trinajstić information content (AvgIpc) is 0.717. The van der Waals surface area contributed by atoms with Crippen molar-refractivity contribution in [3.05, 3.63) is 246 Å². The second-order valence-corrected chi connectivity index (χ2v) is 29.1. The molecule has 11 N–H and O–H groups in total. The van der Waals surface area contributed by atoms with Crippen molar-refractivity contribution in [1.82, 2.24) is 39.9 Å². The summed E-state index contributed by atoms with van der Waals surface area (Å²) in [6.07, 6.45) is -0.346. The Labute approximate surface area is 644 Å². The van der Waals surface area contributed by atoms with Gasteiger partial charge in [0.2, 0.25) is 17.8 Å². The number of carbonyl (C=O) groups excluding carboxylic acids is 4. The number of nitrogens with zero attached hydrogens (tertiary/aromatic N) is 6. The van der Waals surface area contributed by atoms with Crippen molar-refractivity contribution >= 4 is 153 Å². The van der Waals surface area contributed by atoms with Gasteiger partial charge in [0.05, 0.1) is 56.2 Å². The van der Waals surface area contributed by atoms with E-state index in [1.54, 1.807) is 78.9 Å². The Kier molecular flexibility index (Phi) is 23.8. The highest BCUT2D eigenvalue weighted by Crippen LogP contribution is 2.46. The molecule has 0 aliphatic heterocycles. The number of hydrogen-bond acceptors (Lipinski definition) is 34. The fourth-order valence-corrected chi connectivity index (χ4v) is 14.2. The first-order chi connectivity index (χ1) is 54.0. The first kappa shape index (κ1) is 81.2. The van der Waals surface area contributed by atoms with E-state index in [2.05, 4.69) is 66.5 Å². The standard InChI is InChI=1S/C69H49N13O17S3.3O3S/c1-99-69-80-50(30-35-28-36(18-24-48(35)101(93,94)95)72-45-22-20-43-54-52(39-14-5-7-16-41(39)62(86)56(45)54)58(64(88)75-43)60(84)33-10-3-2-4-11-33)77-67(82-69)71-27-26-70-66-78-51(32-83)79-68(81-66)73-37-19-25-49(102(96,97)98)47(31-37)74-46-23-21-44-55-53(40-15-6-8-17-42(40)63(87)57(46)55)59(65(89)76-44)61(85)34-12-9-13-38(29-34)100(90,91)92;3*1-4(2)3/h2-25,28-29,31,72,74,83H,26-27,30,32H2,1H3,(H,75,88)(H,76,89)(H,90,91,92)(H,93,94,95)(H,96,97,98)(H,71,77,80,82)(H2,70,73,78,79,81);;;. The van der Waals surface area contributed by atoms with Crippen molar-refractivity contribution in [2.24, 2.45) is 0 Å². The monoisotopic (exact) mass is 1670 g/mol. The van der Waals surface area contributed by atoms with Crippen LogP contribution in [0.25, 0.3) is 44.1 Å². The number of rotatable bonds is 22. The third-order valence-electron chi connectivity index (χ3n) is 16.7. The van der Waals surface area contributed by atoms with Gasteiger partial charge in [0, 0.05) is 86.1 Å². The van der Waals surface area contributed by atoms with Crippen molar-refractivity contribution in [2.45, 2.75) is 27.7 Å². The van der Waals surface area contributed by atoms with Crippen LogP contribution in [0, 0.1) is 0 Å². The van der Waals surface area contributed by atoms with E-state index in [-0.39, 0.29) is 161 Å². The van der Waals surface area contributed by atoms with Crippen LogP contribution in [-0.4, -0.2) is 165 Å². The average molecular weight is 1670 g/mol. The smallest absolute Gasteiger partial charge is 0.425 e. The zero-order valence-electron chi connectivity index (χ0n) is 57.3. The van der Waals surface area contributed by atoms with Gasteiger partial charge in [-0.1, -0.05) is 91.0 Å². The summed E-state index contributed by atoms with van der Waals surface area (Å²) in [6.45, 7) is -0.643. The summed E-state index contributed by atoms with van der Waals surface area (Å²) < 4.78 is 188. The van der Waals surface area contributed by atoms with Crippen molar-refractivity contribution in [2.75, 3.05) is 46.8 Å². The maximum absolute atomic E-state index is 14.7. The number of pyridine rings is 2. The summed E-state index contributed by atoms with van der Waals surface area (Å²) in [6, 6.07) is 38.5. The molecule has 0 fully saturated rings. The van der Waals surface area contributed by atoms with Gasteiger partial charge in [-0.2, -0.15) is 55.2 Å². The van der Waals surface area contributed by atoms with Gasteiger partial charge < -0.3 is 46.4 Å². The van der Waals surface area contributed by atoms with Gasteiger partial charge in [-0.05, 0) is 89.5 Å². The van der Waals surface area contributed by atoms with Crippen LogP contribution in [0.4, 0.5) is 46.3 Å². The largest absolute Gasteiger partial charge is 0.467 e. The highest BCUT2D eigenvalue weighted by atomic mass is 32.2. The fraction of sp³-hybridized carbons (Fsp3) is 0.0725. The molecule has 0 radical (unpaired) electrons. The fourth-order valence-electron chi connectivity index (χ4n) is 12.4. The maximum Gasteiger partial charge on any atom is 0.425 e. The van der Waals surface area contributed by atoms with Crippen LogP contribution in [-0.2, 0) is 75.2 Å². The van der Waals surface area contributed by atoms with Crippen LogP contribution in [0.15, 0.2) is 188 Å². The van der Waals surface area contributed by atoms with Crippen LogP contribution >= 0.6 is 0 Å². The van der Waals surface area contributed by atoms with Crippen molar-refractivity contribution < 1.29 is 106 Å². The molecule has 14 rings (SSSR count). The Balaban J connectivity index is 0.000000999. The third kappa shape index (κ3) is 18.0. The first-order valence-electron chi connectivity index (χ1n) is 31.9. The molecule has 0 amide bonds. The van der Waals surface area contributed by atoms with E-state index in [9.17, 15) is 72.8 Å². The molecule has 0 unspecified atom stereocenters. The number of hydrogen-bond donors (Lipinski definition) is 11. The van der Waals surface area contributed by atoms with E-state index in [4.69, 9.17) is 42.6 Å². The van der Waals surface area contributed by atoms with Crippen molar-refractivity contribution in [3.63, 3.8) is 0 Å². The summed E-state index contributed by atoms with van der Waals surface area (Å²) in [5.41, 5.74) is -0.671. The molecule has 12 aromatic rings. The molecule has 39 nitrogen and oxygen atoms in total. The summed E-state index contributed by atoms with van der Waals surface area (Å²) >= 11 is 0. The Morgan fingerprint density at radius 2 is 0.895 bits per heavy atom.